The third-order valence-electron chi connectivity index (χ3n) is 5.87. The van der Waals surface area contributed by atoms with Gasteiger partial charge in [0, 0.05) is 18.5 Å². The van der Waals surface area contributed by atoms with Gasteiger partial charge < -0.3 is 15.6 Å². The normalized spacial score (nSPS) is 11.8. The van der Waals surface area contributed by atoms with Crippen LogP contribution < -0.4 is 15.9 Å². The first kappa shape index (κ1) is 23.9. The maximum atomic E-state index is 13.3. The standard InChI is InChI=1S/C28H32N4OS/c1-20-15-21(2)17-24(16-20)31-28-32(14-7-3-6-13-29)26(19-34-28)27(33)30-18-23-11-8-10-22-9-4-5-12-25(22)23/h4-5,8-12,15-17,19H,3,6-7,13-14,18,29H2,1-2H3,(H,30,33). The van der Waals surface area contributed by atoms with Crippen molar-refractivity contribution in [2.75, 3.05) is 6.54 Å². The van der Waals surface area contributed by atoms with Gasteiger partial charge in [-0.15, -0.1) is 11.3 Å². The number of hydrogen-bond acceptors (Lipinski definition) is 4. The lowest BCUT2D eigenvalue weighted by molar-refractivity contribution is 0.0941. The van der Waals surface area contributed by atoms with Gasteiger partial charge in [-0.05, 0) is 72.8 Å². The molecule has 1 amide bonds. The molecule has 4 aromatic rings. The van der Waals surface area contributed by atoms with Crippen molar-refractivity contribution in [1.82, 2.24) is 9.88 Å². The van der Waals surface area contributed by atoms with Crippen molar-refractivity contribution in [3.05, 3.63) is 93.2 Å². The lowest BCUT2D eigenvalue weighted by Crippen LogP contribution is -2.28. The van der Waals surface area contributed by atoms with Gasteiger partial charge in [0.05, 0.1) is 5.69 Å². The molecule has 0 bridgehead atoms. The quantitative estimate of drug-likeness (QED) is 0.311. The maximum absolute atomic E-state index is 13.3. The molecule has 3 N–H and O–H groups in total. The second-order valence-corrected chi connectivity index (χ2v) is 9.52. The van der Waals surface area contributed by atoms with Gasteiger partial charge in [0.2, 0.25) is 0 Å². The Kier molecular flexibility index (Phi) is 7.93. The lowest BCUT2D eigenvalue weighted by Gasteiger charge is -2.11. The first-order valence-electron chi connectivity index (χ1n) is 11.8. The summed E-state index contributed by atoms with van der Waals surface area (Å²) < 4.78 is 2.05. The number of carbonyl (C=O) groups is 1. The van der Waals surface area contributed by atoms with Crippen molar-refractivity contribution in [3.63, 3.8) is 0 Å². The zero-order valence-corrected chi connectivity index (χ0v) is 20.7. The van der Waals surface area contributed by atoms with Crippen LogP contribution in [-0.2, 0) is 13.1 Å². The number of amides is 1. The Labute approximate surface area is 205 Å². The molecule has 1 heterocycles. The Morgan fingerprint density at radius 3 is 2.56 bits per heavy atom. The summed E-state index contributed by atoms with van der Waals surface area (Å²) in [4.78, 5) is 19.0. The minimum absolute atomic E-state index is 0.0788. The van der Waals surface area contributed by atoms with Crippen LogP contribution in [0, 0.1) is 13.8 Å². The number of nitrogens with two attached hydrogens (primary N) is 1. The molecule has 34 heavy (non-hydrogen) atoms. The highest BCUT2D eigenvalue weighted by Gasteiger charge is 2.14. The van der Waals surface area contributed by atoms with Crippen LogP contribution in [0.2, 0.25) is 0 Å². The second kappa shape index (κ2) is 11.3. The fraction of sp³-hybridized carbons (Fsp3) is 0.286. The first-order valence-corrected chi connectivity index (χ1v) is 12.7. The van der Waals surface area contributed by atoms with Crippen LogP contribution in [-0.4, -0.2) is 17.0 Å². The van der Waals surface area contributed by atoms with Crippen LogP contribution in [0.1, 0.15) is 46.4 Å². The van der Waals surface area contributed by atoms with Crippen molar-refractivity contribution in [2.45, 2.75) is 46.2 Å². The van der Waals surface area contributed by atoms with Crippen molar-refractivity contribution >= 4 is 33.7 Å². The molecule has 0 fully saturated rings. The number of carbonyl (C=O) groups excluding carboxylic acids is 1. The molecule has 0 saturated carbocycles. The van der Waals surface area contributed by atoms with Gasteiger partial charge in [-0.2, -0.15) is 0 Å². The van der Waals surface area contributed by atoms with E-state index in [9.17, 15) is 4.79 Å². The first-order chi connectivity index (χ1) is 16.5. The third-order valence-corrected chi connectivity index (χ3v) is 6.73. The molecule has 0 aliphatic heterocycles. The molecule has 1 aromatic heterocycles. The van der Waals surface area contributed by atoms with Crippen LogP contribution in [0.15, 0.2) is 71.0 Å². The van der Waals surface area contributed by atoms with Gasteiger partial charge in [0.25, 0.3) is 5.91 Å². The van der Waals surface area contributed by atoms with Crippen molar-refractivity contribution in [1.29, 1.82) is 0 Å². The molecule has 0 saturated heterocycles. The number of aryl methyl sites for hydroxylation is 2. The van der Waals surface area contributed by atoms with Crippen LogP contribution in [0.4, 0.5) is 5.69 Å². The molecule has 4 rings (SSSR count). The van der Waals surface area contributed by atoms with Crippen LogP contribution in [0.25, 0.3) is 10.8 Å². The van der Waals surface area contributed by atoms with Gasteiger partial charge in [-0.3, -0.25) is 4.79 Å². The average Bonchev–Trinajstić information content (AvgIpc) is 3.22. The fourth-order valence-corrected chi connectivity index (χ4v) is 5.17. The number of fused-ring (bicyclic) bond motifs is 1. The second-order valence-electron chi connectivity index (χ2n) is 8.68. The van der Waals surface area contributed by atoms with Gasteiger partial charge in [0.1, 0.15) is 5.69 Å². The lowest BCUT2D eigenvalue weighted by atomic mass is 10.0. The average molecular weight is 473 g/mol. The summed E-state index contributed by atoms with van der Waals surface area (Å²) in [6, 6.07) is 20.7. The summed E-state index contributed by atoms with van der Waals surface area (Å²) in [5, 5.41) is 7.39. The number of unbranched alkanes of at least 4 members (excludes halogenated alkanes) is 2. The van der Waals surface area contributed by atoms with E-state index in [4.69, 9.17) is 10.7 Å². The summed E-state index contributed by atoms with van der Waals surface area (Å²) >= 11 is 1.51. The van der Waals surface area contributed by atoms with E-state index in [-0.39, 0.29) is 5.91 Å². The van der Waals surface area contributed by atoms with Crippen LogP contribution in [0.5, 0.6) is 0 Å². The molecule has 6 heteroatoms. The van der Waals surface area contributed by atoms with E-state index in [1.165, 1.54) is 27.8 Å². The minimum atomic E-state index is -0.0788. The van der Waals surface area contributed by atoms with Crippen molar-refractivity contribution in [3.8, 4) is 0 Å². The molecule has 0 aliphatic rings. The highest BCUT2D eigenvalue weighted by molar-refractivity contribution is 7.07. The summed E-state index contributed by atoms with van der Waals surface area (Å²) in [5.41, 5.74) is 10.7. The molecule has 5 nitrogen and oxygen atoms in total. The van der Waals surface area contributed by atoms with Crippen LogP contribution in [0.3, 0.4) is 0 Å². The minimum Gasteiger partial charge on any atom is -0.347 e. The smallest absolute Gasteiger partial charge is 0.269 e. The number of rotatable bonds is 9. The molecular formula is C28H32N4OS. The molecular weight excluding hydrogens is 440 g/mol. The Bertz CT molecular complexity index is 1330. The summed E-state index contributed by atoms with van der Waals surface area (Å²) in [7, 11) is 0. The van der Waals surface area contributed by atoms with Gasteiger partial charge in [-0.1, -0.05) is 55.0 Å². The van der Waals surface area contributed by atoms with Gasteiger partial charge in [-0.25, -0.2) is 4.99 Å². The predicted octanol–water partition coefficient (Wildman–Crippen LogP) is 5.61. The number of nitrogens with one attached hydrogen (secondary N) is 1. The molecule has 0 aliphatic carbocycles. The Balaban J connectivity index is 1.60. The molecule has 0 spiro atoms. The summed E-state index contributed by atoms with van der Waals surface area (Å²) in [6.45, 7) is 6.06. The molecule has 0 atom stereocenters. The van der Waals surface area contributed by atoms with E-state index in [2.05, 4.69) is 66.2 Å². The van der Waals surface area contributed by atoms with Crippen molar-refractivity contribution in [2.24, 2.45) is 10.7 Å². The monoisotopic (exact) mass is 472 g/mol. The van der Waals surface area contributed by atoms with E-state index in [1.807, 2.05) is 23.6 Å². The highest BCUT2D eigenvalue weighted by Crippen LogP contribution is 2.19. The number of nitrogens with zero attached hydrogens (tertiary/aromatic N) is 2. The Hall–Kier alpha value is -3.22. The zero-order chi connectivity index (χ0) is 23.9. The number of benzene rings is 3. The zero-order valence-electron chi connectivity index (χ0n) is 19.9. The van der Waals surface area contributed by atoms with E-state index in [0.29, 0.717) is 18.8 Å². The highest BCUT2D eigenvalue weighted by atomic mass is 32.1. The third kappa shape index (κ3) is 5.82. The SMILES string of the molecule is Cc1cc(C)cc(N=c2scc(C(=O)NCc3cccc4ccccc34)n2CCCCCN)c1. The van der Waals surface area contributed by atoms with E-state index in [1.54, 1.807) is 0 Å². The largest absolute Gasteiger partial charge is 0.347 e. The number of thiazole rings is 1. The van der Waals surface area contributed by atoms with E-state index >= 15 is 0 Å². The van der Waals surface area contributed by atoms with Crippen LogP contribution >= 0.6 is 11.3 Å². The summed E-state index contributed by atoms with van der Waals surface area (Å²) in [5.74, 6) is -0.0788. The topological polar surface area (TPSA) is 72.4 Å². The Morgan fingerprint density at radius 2 is 1.76 bits per heavy atom. The van der Waals surface area contributed by atoms with E-state index < -0.39 is 0 Å². The fourth-order valence-electron chi connectivity index (χ4n) is 4.25. The van der Waals surface area contributed by atoms with E-state index in [0.717, 1.165) is 47.2 Å². The van der Waals surface area contributed by atoms with Gasteiger partial charge >= 0.3 is 0 Å². The summed E-state index contributed by atoms with van der Waals surface area (Å²) in [6.07, 6.45) is 2.97. The predicted molar refractivity (Wildman–Crippen MR) is 141 cm³/mol. The number of aromatic nitrogens is 1. The van der Waals surface area contributed by atoms with Crippen molar-refractivity contribution < 1.29 is 4.79 Å². The maximum Gasteiger partial charge on any atom is 0.269 e. The molecule has 3 aromatic carbocycles. The molecule has 0 radical (unpaired) electrons. The van der Waals surface area contributed by atoms with Gasteiger partial charge in [0.15, 0.2) is 4.80 Å². The Morgan fingerprint density at radius 1 is 1.00 bits per heavy atom. The molecule has 0 unspecified atom stereocenters. The molecule has 176 valence electrons. The number of hydrogen-bond donors (Lipinski definition) is 2.